The summed E-state index contributed by atoms with van der Waals surface area (Å²) in [7, 11) is 0. The number of para-hydroxylation sites is 1. The minimum absolute atomic E-state index is 0.0657. The van der Waals surface area contributed by atoms with Crippen molar-refractivity contribution in [3.05, 3.63) is 24.3 Å². The standard InChI is InChI=1S/C18H26N4O2/c1-2-5-17-16(4-1)20-21-22(17)10-3-9-19-15-6-11-24-18(14-15)7-12-23-13-8-18/h1-2,4-5,15,19H,3,6-14H2/t15-/m0/s1. The first-order chi connectivity index (χ1) is 11.8. The van der Waals surface area contributed by atoms with Crippen molar-refractivity contribution in [1.82, 2.24) is 20.3 Å². The molecule has 1 aromatic carbocycles. The number of nitrogens with zero attached hydrogens (tertiary/aromatic N) is 3. The lowest BCUT2D eigenvalue weighted by molar-refractivity contribution is -0.140. The van der Waals surface area contributed by atoms with Gasteiger partial charge in [-0.15, -0.1) is 5.10 Å². The summed E-state index contributed by atoms with van der Waals surface area (Å²) in [6, 6.07) is 8.68. The summed E-state index contributed by atoms with van der Waals surface area (Å²) in [5.74, 6) is 0. The van der Waals surface area contributed by atoms with Gasteiger partial charge in [0.15, 0.2) is 0 Å². The molecule has 4 rings (SSSR count). The van der Waals surface area contributed by atoms with E-state index in [2.05, 4.69) is 21.7 Å². The molecule has 3 heterocycles. The van der Waals surface area contributed by atoms with Gasteiger partial charge >= 0.3 is 0 Å². The molecule has 24 heavy (non-hydrogen) atoms. The van der Waals surface area contributed by atoms with Gasteiger partial charge in [0, 0.05) is 32.4 Å². The number of hydrogen-bond donors (Lipinski definition) is 1. The summed E-state index contributed by atoms with van der Waals surface area (Å²) in [6.45, 7) is 4.45. The lowest BCUT2D eigenvalue weighted by Crippen LogP contribution is -2.50. The van der Waals surface area contributed by atoms with Crippen LogP contribution >= 0.6 is 0 Å². The van der Waals surface area contributed by atoms with Crippen molar-refractivity contribution >= 4 is 11.0 Å². The van der Waals surface area contributed by atoms with Crippen LogP contribution in [0.25, 0.3) is 11.0 Å². The van der Waals surface area contributed by atoms with Crippen LogP contribution in [-0.4, -0.2) is 53.0 Å². The van der Waals surface area contributed by atoms with Crippen LogP contribution in [0.1, 0.15) is 32.1 Å². The second kappa shape index (κ2) is 7.17. The van der Waals surface area contributed by atoms with Crippen LogP contribution in [0.2, 0.25) is 0 Å². The third-order valence-electron chi connectivity index (χ3n) is 5.30. The zero-order valence-electron chi connectivity index (χ0n) is 14.1. The van der Waals surface area contributed by atoms with Crippen LogP contribution in [0.15, 0.2) is 24.3 Å². The predicted octanol–water partition coefficient (Wildman–Crippen LogP) is 2.14. The number of fused-ring (bicyclic) bond motifs is 1. The minimum atomic E-state index is 0.0657. The zero-order valence-corrected chi connectivity index (χ0v) is 14.1. The summed E-state index contributed by atoms with van der Waals surface area (Å²) in [5, 5.41) is 12.2. The van der Waals surface area contributed by atoms with Gasteiger partial charge in [0.25, 0.3) is 0 Å². The Morgan fingerprint density at radius 1 is 1.21 bits per heavy atom. The van der Waals surface area contributed by atoms with E-state index in [9.17, 15) is 0 Å². The molecule has 1 spiro atoms. The summed E-state index contributed by atoms with van der Waals surface area (Å²) >= 11 is 0. The fraction of sp³-hybridized carbons (Fsp3) is 0.667. The smallest absolute Gasteiger partial charge is 0.113 e. The Bertz CT molecular complexity index is 660. The molecule has 130 valence electrons. The molecule has 1 aromatic heterocycles. The summed E-state index contributed by atoms with van der Waals surface area (Å²) in [4.78, 5) is 0. The second-order valence-corrected chi connectivity index (χ2v) is 6.94. The van der Waals surface area contributed by atoms with Crippen molar-refractivity contribution in [3.63, 3.8) is 0 Å². The van der Waals surface area contributed by atoms with E-state index in [0.29, 0.717) is 6.04 Å². The van der Waals surface area contributed by atoms with Crippen molar-refractivity contribution in [2.45, 2.75) is 50.3 Å². The van der Waals surface area contributed by atoms with Gasteiger partial charge in [-0.2, -0.15) is 0 Å². The fourth-order valence-corrected chi connectivity index (χ4v) is 3.91. The van der Waals surface area contributed by atoms with E-state index < -0.39 is 0 Å². The molecule has 0 aliphatic carbocycles. The van der Waals surface area contributed by atoms with Crippen molar-refractivity contribution in [1.29, 1.82) is 0 Å². The Labute approximate surface area is 142 Å². The highest BCUT2D eigenvalue weighted by Gasteiger charge is 2.38. The van der Waals surface area contributed by atoms with Crippen LogP contribution in [0, 0.1) is 0 Å². The molecule has 2 saturated heterocycles. The Kier molecular flexibility index (Phi) is 4.78. The Morgan fingerprint density at radius 2 is 2.08 bits per heavy atom. The van der Waals surface area contributed by atoms with Gasteiger partial charge in [-0.1, -0.05) is 17.3 Å². The predicted molar refractivity (Wildman–Crippen MR) is 91.9 cm³/mol. The molecule has 0 amide bonds. The molecule has 1 atom stereocenters. The van der Waals surface area contributed by atoms with Gasteiger partial charge in [0.2, 0.25) is 0 Å². The van der Waals surface area contributed by atoms with Gasteiger partial charge in [-0.25, -0.2) is 4.68 Å². The SMILES string of the molecule is c1ccc2c(c1)nnn2CCCN[C@H]1CCOC2(CCOCC2)C1. The largest absolute Gasteiger partial charge is 0.381 e. The summed E-state index contributed by atoms with van der Waals surface area (Å²) in [6.07, 6.45) is 5.35. The molecular weight excluding hydrogens is 304 g/mol. The first-order valence-electron chi connectivity index (χ1n) is 9.08. The monoisotopic (exact) mass is 330 g/mol. The minimum Gasteiger partial charge on any atom is -0.381 e. The molecule has 0 bridgehead atoms. The topological polar surface area (TPSA) is 61.2 Å². The summed E-state index contributed by atoms with van der Waals surface area (Å²) < 4.78 is 13.6. The van der Waals surface area contributed by atoms with E-state index in [1.165, 1.54) is 0 Å². The number of aromatic nitrogens is 3. The van der Waals surface area contributed by atoms with Crippen LogP contribution in [-0.2, 0) is 16.0 Å². The van der Waals surface area contributed by atoms with Crippen molar-refractivity contribution in [2.24, 2.45) is 0 Å². The highest BCUT2D eigenvalue weighted by atomic mass is 16.5. The number of nitrogens with one attached hydrogen (secondary N) is 1. The van der Waals surface area contributed by atoms with Crippen LogP contribution in [0.5, 0.6) is 0 Å². The van der Waals surface area contributed by atoms with Crippen molar-refractivity contribution in [3.8, 4) is 0 Å². The molecule has 6 heteroatoms. The lowest BCUT2D eigenvalue weighted by Gasteiger charge is -2.43. The maximum Gasteiger partial charge on any atom is 0.113 e. The summed E-state index contributed by atoms with van der Waals surface area (Å²) in [5.41, 5.74) is 2.15. The van der Waals surface area contributed by atoms with E-state index in [1.54, 1.807) is 0 Å². The number of benzene rings is 1. The van der Waals surface area contributed by atoms with E-state index in [4.69, 9.17) is 9.47 Å². The van der Waals surface area contributed by atoms with Gasteiger partial charge in [-0.3, -0.25) is 0 Å². The maximum absolute atomic E-state index is 6.11. The molecule has 0 saturated carbocycles. The van der Waals surface area contributed by atoms with Gasteiger partial charge in [-0.05, 0) is 50.8 Å². The number of rotatable bonds is 5. The van der Waals surface area contributed by atoms with E-state index in [0.717, 1.165) is 76.0 Å². The maximum atomic E-state index is 6.11. The molecule has 2 aliphatic heterocycles. The molecule has 2 fully saturated rings. The average molecular weight is 330 g/mol. The Morgan fingerprint density at radius 3 is 3.00 bits per heavy atom. The normalized spacial score (nSPS) is 23.8. The van der Waals surface area contributed by atoms with Gasteiger partial charge in [0.05, 0.1) is 11.1 Å². The van der Waals surface area contributed by atoms with Crippen LogP contribution in [0.4, 0.5) is 0 Å². The Hall–Kier alpha value is -1.50. The highest BCUT2D eigenvalue weighted by Crippen LogP contribution is 2.34. The quantitative estimate of drug-likeness (QED) is 0.851. The number of aryl methyl sites for hydroxylation is 1. The van der Waals surface area contributed by atoms with Gasteiger partial charge < -0.3 is 14.8 Å². The number of ether oxygens (including phenoxy) is 2. The third kappa shape index (κ3) is 3.45. The van der Waals surface area contributed by atoms with E-state index in [-0.39, 0.29) is 5.60 Å². The molecule has 0 unspecified atom stereocenters. The van der Waals surface area contributed by atoms with Crippen molar-refractivity contribution < 1.29 is 9.47 Å². The zero-order chi connectivity index (χ0) is 16.2. The first-order valence-corrected chi connectivity index (χ1v) is 9.08. The average Bonchev–Trinajstić information content (AvgIpc) is 3.03. The third-order valence-corrected chi connectivity index (χ3v) is 5.30. The molecule has 6 nitrogen and oxygen atoms in total. The highest BCUT2D eigenvalue weighted by molar-refractivity contribution is 5.73. The molecule has 1 N–H and O–H groups in total. The molecule has 2 aliphatic rings. The Balaban J connectivity index is 1.25. The van der Waals surface area contributed by atoms with Crippen LogP contribution in [0.3, 0.4) is 0 Å². The first kappa shape index (κ1) is 16.0. The van der Waals surface area contributed by atoms with Gasteiger partial charge in [0.1, 0.15) is 5.52 Å². The molecular formula is C18H26N4O2. The lowest BCUT2D eigenvalue weighted by atomic mass is 9.84. The van der Waals surface area contributed by atoms with E-state index in [1.807, 2.05) is 22.9 Å². The molecule has 2 aromatic rings. The van der Waals surface area contributed by atoms with Crippen molar-refractivity contribution in [2.75, 3.05) is 26.4 Å². The molecule has 0 radical (unpaired) electrons. The second-order valence-electron chi connectivity index (χ2n) is 6.94. The number of hydrogen-bond acceptors (Lipinski definition) is 5. The fourth-order valence-electron chi connectivity index (χ4n) is 3.91. The van der Waals surface area contributed by atoms with Crippen LogP contribution < -0.4 is 5.32 Å². The van der Waals surface area contributed by atoms with E-state index >= 15 is 0 Å².